The van der Waals surface area contributed by atoms with Gasteiger partial charge in [-0.15, -0.1) is 0 Å². The van der Waals surface area contributed by atoms with Crippen molar-refractivity contribution < 1.29 is 4.79 Å². The van der Waals surface area contributed by atoms with Crippen molar-refractivity contribution in [3.63, 3.8) is 0 Å². The first-order valence-corrected chi connectivity index (χ1v) is 9.75. The fourth-order valence-electron chi connectivity index (χ4n) is 3.69. The number of carbonyl (C=O) groups excluding carboxylic acids is 1. The molecule has 1 N–H and O–H groups in total. The molecule has 140 valence electrons. The molecule has 1 aromatic heterocycles. The van der Waals surface area contributed by atoms with Crippen molar-refractivity contribution in [2.24, 2.45) is 0 Å². The number of benzene rings is 2. The van der Waals surface area contributed by atoms with Crippen molar-refractivity contribution in [2.75, 3.05) is 26.2 Å². The fraction of sp³-hybridized carbons (Fsp3) is 0.364. The predicted molar refractivity (Wildman–Crippen MR) is 107 cm³/mol. The summed E-state index contributed by atoms with van der Waals surface area (Å²) in [5, 5.41) is 0. The summed E-state index contributed by atoms with van der Waals surface area (Å²) in [6.45, 7) is 4.24. The summed E-state index contributed by atoms with van der Waals surface area (Å²) >= 11 is 0. The molecular weight excluding hydrogens is 336 g/mol. The molecule has 3 aromatic rings. The largest absolute Gasteiger partial charge is 0.341 e. The van der Waals surface area contributed by atoms with E-state index < -0.39 is 0 Å². The van der Waals surface area contributed by atoms with E-state index in [1.54, 1.807) is 0 Å². The van der Waals surface area contributed by atoms with E-state index in [0.29, 0.717) is 6.42 Å². The van der Waals surface area contributed by atoms with Crippen LogP contribution in [0.1, 0.15) is 24.2 Å². The predicted octanol–water partition coefficient (Wildman–Crippen LogP) is 3.23. The average Bonchev–Trinajstić information content (AvgIpc) is 3.11. The highest BCUT2D eigenvalue weighted by Crippen LogP contribution is 2.14. The van der Waals surface area contributed by atoms with Crippen LogP contribution in [0.3, 0.4) is 0 Å². The zero-order valence-corrected chi connectivity index (χ0v) is 15.6. The number of carbonyl (C=O) groups is 1. The maximum absolute atomic E-state index is 12.5. The molecular formula is C22H26N4O. The Bertz CT molecular complexity index is 848. The molecule has 4 rings (SSSR count). The number of piperazine rings is 1. The van der Waals surface area contributed by atoms with Crippen molar-refractivity contribution in [2.45, 2.75) is 25.8 Å². The molecule has 0 bridgehead atoms. The van der Waals surface area contributed by atoms with Gasteiger partial charge in [-0.25, -0.2) is 4.98 Å². The Kier molecular flexibility index (Phi) is 5.49. The summed E-state index contributed by atoms with van der Waals surface area (Å²) in [5.41, 5.74) is 3.40. The van der Waals surface area contributed by atoms with Crippen molar-refractivity contribution in [1.82, 2.24) is 19.8 Å². The normalized spacial score (nSPS) is 15.3. The first kappa shape index (κ1) is 17.7. The number of H-pyrrole nitrogens is 1. The molecule has 2 heterocycles. The Morgan fingerprint density at radius 2 is 1.70 bits per heavy atom. The molecule has 1 amide bonds. The van der Waals surface area contributed by atoms with Gasteiger partial charge in [-0.1, -0.05) is 42.5 Å². The lowest BCUT2D eigenvalue weighted by atomic mass is 10.1. The van der Waals surface area contributed by atoms with Gasteiger partial charge in [0.05, 0.1) is 17.6 Å². The average molecular weight is 362 g/mol. The second-order valence-corrected chi connectivity index (χ2v) is 7.20. The Balaban J connectivity index is 1.21. The lowest BCUT2D eigenvalue weighted by Crippen LogP contribution is -2.48. The Morgan fingerprint density at radius 1 is 0.963 bits per heavy atom. The summed E-state index contributed by atoms with van der Waals surface area (Å²) < 4.78 is 0. The fourth-order valence-corrected chi connectivity index (χ4v) is 3.69. The Labute approximate surface area is 160 Å². The third-order valence-electron chi connectivity index (χ3n) is 5.24. The lowest BCUT2D eigenvalue weighted by molar-refractivity contribution is -0.133. The number of nitrogens with zero attached hydrogens (tertiary/aromatic N) is 3. The van der Waals surface area contributed by atoms with Crippen LogP contribution in [0.2, 0.25) is 0 Å². The molecule has 27 heavy (non-hydrogen) atoms. The van der Waals surface area contributed by atoms with Crippen molar-refractivity contribution in [3.8, 4) is 0 Å². The van der Waals surface area contributed by atoms with Gasteiger partial charge >= 0.3 is 0 Å². The lowest BCUT2D eigenvalue weighted by Gasteiger charge is -2.34. The van der Waals surface area contributed by atoms with E-state index in [4.69, 9.17) is 0 Å². The van der Waals surface area contributed by atoms with Gasteiger partial charge < -0.3 is 9.88 Å². The van der Waals surface area contributed by atoms with E-state index in [1.807, 2.05) is 29.2 Å². The third kappa shape index (κ3) is 4.55. The van der Waals surface area contributed by atoms with Gasteiger partial charge in [-0.2, -0.15) is 0 Å². The molecule has 2 aromatic carbocycles. The zero-order valence-electron chi connectivity index (χ0n) is 15.6. The molecule has 1 aliphatic heterocycles. The summed E-state index contributed by atoms with van der Waals surface area (Å²) in [6.07, 6.45) is 2.53. The highest BCUT2D eigenvalue weighted by Gasteiger charge is 2.21. The molecule has 1 aliphatic rings. The maximum atomic E-state index is 12.5. The van der Waals surface area contributed by atoms with Gasteiger partial charge in [0.15, 0.2) is 0 Å². The first-order valence-electron chi connectivity index (χ1n) is 9.75. The van der Waals surface area contributed by atoms with E-state index in [1.165, 1.54) is 5.56 Å². The summed E-state index contributed by atoms with van der Waals surface area (Å²) in [4.78, 5) is 24.9. The molecule has 0 radical (unpaired) electrons. The number of hydrogen-bond acceptors (Lipinski definition) is 3. The van der Waals surface area contributed by atoms with Crippen LogP contribution in [0.5, 0.6) is 0 Å². The van der Waals surface area contributed by atoms with Crippen LogP contribution in [0.15, 0.2) is 54.6 Å². The third-order valence-corrected chi connectivity index (χ3v) is 5.24. The number of nitrogens with one attached hydrogen (secondary N) is 1. The summed E-state index contributed by atoms with van der Waals surface area (Å²) in [5.74, 6) is 1.29. The van der Waals surface area contributed by atoms with E-state index in [-0.39, 0.29) is 5.91 Å². The van der Waals surface area contributed by atoms with Crippen LogP contribution < -0.4 is 0 Å². The standard InChI is InChI=1S/C22H26N4O/c27-22(12-6-9-18-7-2-1-3-8-18)26-15-13-25(14-16-26)17-21-23-19-10-4-5-11-20(19)24-21/h1-5,7-8,10-11H,6,9,12-17H2,(H,23,24). The van der Waals surface area contributed by atoms with Crippen LogP contribution in [-0.4, -0.2) is 51.9 Å². The molecule has 1 saturated heterocycles. The molecule has 0 saturated carbocycles. The highest BCUT2D eigenvalue weighted by atomic mass is 16.2. The molecule has 5 nitrogen and oxygen atoms in total. The number of aromatic amines is 1. The van der Waals surface area contributed by atoms with Crippen LogP contribution in [0.25, 0.3) is 11.0 Å². The van der Waals surface area contributed by atoms with Gasteiger partial charge in [0, 0.05) is 32.6 Å². The Morgan fingerprint density at radius 3 is 2.48 bits per heavy atom. The van der Waals surface area contributed by atoms with Crippen molar-refractivity contribution in [3.05, 3.63) is 66.0 Å². The molecule has 5 heteroatoms. The maximum Gasteiger partial charge on any atom is 0.222 e. The molecule has 0 unspecified atom stereocenters. The number of rotatable bonds is 6. The minimum absolute atomic E-state index is 0.286. The van der Waals surface area contributed by atoms with E-state index in [0.717, 1.165) is 62.4 Å². The number of amides is 1. The van der Waals surface area contributed by atoms with Gasteiger partial charge in [0.25, 0.3) is 0 Å². The van der Waals surface area contributed by atoms with E-state index >= 15 is 0 Å². The SMILES string of the molecule is O=C(CCCc1ccccc1)N1CCN(Cc2nc3ccccc3[nH]2)CC1. The van der Waals surface area contributed by atoms with E-state index in [2.05, 4.69) is 45.2 Å². The topological polar surface area (TPSA) is 52.2 Å². The number of aromatic nitrogens is 2. The number of hydrogen-bond donors (Lipinski definition) is 1. The first-order chi connectivity index (χ1) is 13.3. The van der Waals surface area contributed by atoms with Crippen LogP contribution >= 0.6 is 0 Å². The Hall–Kier alpha value is -2.66. The van der Waals surface area contributed by atoms with Gasteiger partial charge in [-0.05, 0) is 30.5 Å². The van der Waals surface area contributed by atoms with Crippen molar-refractivity contribution in [1.29, 1.82) is 0 Å². The van der Waals surface area contributed by atoms with Gasteiger partial charge in [-0.3, -0.25) is 9.69 Å². The second kappa shape index (κ2) is 8.35. The number of aryl methyl sites for hydroxylation is 1. The molecule has 0 atom stereocenters. The van der Waals surface area contributed by atoms with E-state index in [9.17, 15) is 4.79 Å². The van der Waals surface area contributed by atoms with Crippen LogP contribution in [0, 0.1) is 0 Å². The summed E-state index contributed by atoms with van der Waals surface area (Å²) in [7, 11) is 0. The minimum atomic E-state index is 0.286. The molecule has 0 aliphatic carbocycles. The second-order valence-electron chi connectivity index (χ2n) is 7.20. The van der Waals surface area contributed by atoms with Gasteiger partial charge in [0.1, 0.15) is 5.82 Å². The quantitative estimate of drug-likeness (QED) is 0.732. The van der Waals surface area contributed by atoms with Crippen molar-refractivity contribution >= 4 is 16.9 Å². The number of imidazole rings is 1. The number of fused-ring (bicyclic) bond motifs is 1. The van der Waals surface area contributed by atoms with Crippen LogP contribution in [-0.2, 0) is 17.8 Å². The summed E-state index contributed by atoms with van der Waals surface area (Å²) in [6, 6.07) is 18.5. The zero-order chi connectivity index (χ0) is 18.5. The highest BCUT2D eigenvalue weighted by molar-refractivity contribution is 5.76. The van der Waals surface area contributed by atoms with Gasteiger partial charge in [0.2, 0.25) is 5.91 Å². The monoisotopic (exact) mass is 362 g/mol. The number of para-hydroxylation sites is 2. The van der Waals surface area contributed by atoms with Crippen LogP contribution in [0.4, 0.5) is 0 Å². The molecule has 1 fully saturated rings. The molecule has 0 spiro atoms. The smallest absolute Gasteiger partial charge is 0.222 e. The minimum Gasteiger partial charge on any atom is -0.341 e.